The minimum Gasteiger partial charge on any atom is -0.348 e. The Bertz CT molecular complexity index is 1320. The van der Waals surface area contributed by atoms with E-state index in [0.717, 1.165) is 25.3 Å². The van der Waals surface area contributed by atoms with Gasteiger partial charge in [-0.25, -0.2) is 12.8 Å². The first-order valence-electron chi connectivity index (χ1n) is 10.5. The van der Waals surface area contributed by atoms with Crippen molar-refractivity contribution in [3.05, 3.63) is 75.8 Å². The standard InChI is InChI=1S/C23H24FN3O4S/c1-15-4-2-3-11-27(15)32(30,31)18-9-10-21-19(12-18)20(13-22(28)26-21)23(29)25-14-16-5-7-17(24)8-6-16/h5-10,12-13,15H,2-4,11,14H2,1H3,(H,25,29)(H,26,28). The number of hydrogen-bond donors (Lipinski definition) is 2. The zero-order valence-electron chi connectivity index (χ0n) is 17.6. The molecule has 1 fully saturated rings. The number of benzene rings is 2. The Balaban J connectivity index is 1.68. The molecule has 0 spiro atoms. The van der Waals surface area contributed by atoms with Crippen LogP contribution in [0.2, 0.25) is 0 Å². The third-order valence-corrected chi connectivity index (χ3v) is 7.78. The van der Waals surface area contributed by atoms with E-state index < -0.39 is 21.5 Å². The summed E-state index contributed by atoms with van der Waals surface area (Å²) in [6.07, 6.45) is 2.60. The number of halogens is 1. The Hall–Kier alpha value is -3.04. The Morgan fingerprint density at radius 2 is 1.91 bits per heavy atom. The highest BCUT2D eigenvalue weighted by molar-refractivity contribution is 7.89. The molecule has 2 N–H and O–H groups in total. The summed E-state index contributed by atoms with van der Waals surface area (Å²) in [6.45, 7) is 2.48. The molecule has 3 aromatic rings. The Morgan fingerprint density at radius 1 is 1.16 bits per heavy atom. The summed E-state index contributed by atoms with van der Waals surface area (Å²) in [4.78, 5) is 27.7. The summed E-state index contributed by atoms with van der Waals surface area (Å²) < 4.78 is 41.1. The number of aromatic nitrogens is 1. The first kappa shape index (κ1) is 22.2. The van der Waals surface area contributed by atoms with E-state index in [1.54, 1.807) is 12.1 Å². The van der Waals surface area contributed by atoms with Crippen molar-refractivity contribution in [2.75, 3.05) is 6.54 Å². The van der Waals surface area contributed by atoms with E-state index in [1.165, 1.54) is 34.6 Å². The van der Waals surface area contributed by atoms with Crippen LogP contribution in [0.1, 0.15) is 42.1 Å². The summed E-state index contributed by atoms with van der Waals surface area (Å²) >= 11 is 0. The third-order valence-electron chi connectivity index (χ3n) is 5.77. The van der Waals surface area contributed by atoms with Gasteiger partial charge in [-0.05, 0) is 55.7 Å². The van der Waals surface area contributed by atoms with Crippen molar-refractivity contribution in [2.24, 2.45) is 0 Å². The highest BCUT2D eigenvalue weighted by atomic mass is 32.2. The third kappa shape index (κ3) is 4.44. The summed E-state index contributed by atoms with van der Waals surface area (Å²) in [5.74, 6) is -0.899. The molecule has 1 aliphatic heterocycles. The number of aromatic amines is 1. The van der Waals surface area contributed by atoms with Gasteiger partial charge in [0.05, 0.1) is 10.5 Å². The Morgan fingerprint density at radius 3 is 2.62 bits per heavy atom. The highest BCUT2D eigenvalue weighted by Crippen LogP contribution is 2.27. The average Bonchev–Trinajstić information content (AvgIpc) is 2.77. The van der Waals surface area contributed by atoms with Gasteiger partial charge in [0.15, 0.2) is 0 Å². The molecule has 1 saturated heterocycles. The van der Waals surface area contributed by atoms with Crippen molar-refractivity contribution >= 4 is 26.8 Å². The van der Waals surface area contributed by atoms with Gasteiger partial charge in [0.1, 0.15) is 5.82 Å². The monoisotopic (exact) mass is 457 g/mol. The van der Waals surface area contributed by atoms with Crippen LogP contribution in [0.4, 0.5) is 4.39 Å². The molecule has 0 aliphatic carbocycles. The molecular formula is C23H24FN3O4S. The zero-order valence-corrected chi connectivity index (χ0v) is 18.4. The van der Waals surface area contributed by atoms with Crippen molar-refractivity contribution < 1.29 is 17.6 Å². The molecule has 1 amide bonds. The van der Waals surface area contributed by atoms with E-state index in [4.69, 9.17) is 0 Å². The number of pyridine rings is 1. The van der Waals surface area contributed by atoms with Crippen molar-refractivity contribution in [2.45, 2.75) is 43.7 Å². The quantitative estimate of drug-likeness (QED) is 0.615. The predicted octanol–water partition coefficient (Wildman–Crippen LogP) is 3.16. The predicted molar refractivity (Wildman–Crippen MR) is 119 cm³/mol. The number of sulfonamides is 1. The number of H-pyrrole nitrogens is 1. The van der Waals surface area contributed by atoms with Crippen molar-refractivity contribution in [3.8, 4) is 0 Å². The van der Waals surface area contributed by atoms with Gasteiger partial charge in [0.25, 0.3) is 5.91 Å². The van der Waals surface area contributed by atoms with Crippen LogP contribution < -0.4 is 10.9 Å². The van der Waals surface area contributed by atoms with Crippen LogP contribution >= 0.6 is 0 Å². The number of hydrogen-bond acceptors (Lipinski definition) is 4. The summed E-state index contributed by atoms with van der Waals surface area (Å²) in [5, 5.41) is 3.05. The maximum atomic E-state index is 13.3. The molecule has 168 valence electrons. The van der Waals surface area contributed by atoms with E-state index in [9.17, 15) is 22.4 Å². The van der Waals surface area contributed by atoms with Crippen LogP contribution in [-0.4, -0.2) is 36.2 Å². The lowest BCUT2D eigenvalue weighted by molar-refractivity contribution is 0.0952. The number of carbonyl (C=O) groups is 1. The van der Waals surface area contributed by atoms with Gasteiger partial charge >= 0.3 is 0 Å². The van der Waals surface area contributed by atoms with Crippen LogP contribution in [0.15, 0.2) is 58.2 Å². The molecule has 9 heteroatoms. The molecule has 2 heterocycles. The van der Waals surface area contributed by atoms with E-state index in [2.05, 4.69) is 10.3 Å². The van der Waals surface area contributed by atoms with Crippen molar-refractivity contribution in [1.82, 2.24) is 14.6 Å². The second-order valence-electron chi connectivity index (χ2n) is 8.02. The lowest BCUT2D eigenvalue weighted by Crippen LogP contribution is -2.41. The molecular weight excluding hydrogens is 433 g/mol. The lowest BCUT2D eigenvalue weighted by Gasteiger charge is -2.32. The van der Waals surface area contributed by atoms with Crippen LogP contribution in [0.3, 0.4) is 0 Å². The average molecular weight is 458 g/mol. The maximum Gasteiger partial charge on any atom is 0.252 e. The minimum absolute atomic E-state index is 0.0783. The second-order valence-corrected chi connectivity index (χ2v) is 9.91. The first-order chi connectivity index (χ1) is 15.3. The fraction of sp³-hybridized carbons (Fsp3) is 0.304. The fourth-order valence-electron chi connectivity index (χ4n) is 4.03. The van der Waals surface area contributed by atoms with Crippen LogP contribution in [0, 0.1) is 5.82 Å². The van der Waals surface area contributed by atoms with E-state index in [1.807, 2.05) is 6.92 Å². The normalized spacial score (nSPS) is 17.4. The molecule has 0 saturated carbocycles. The van der Waals surface area contributed by atoms with E-state index in [0.29, 0.717) is 23.0 Å². The Kier molecular flexibility index (Phi) is 6.12. The van der Waals surface area contributed by atoms with Gasteiger partial charge in [0, 0.05) is 36.1 Å². The maximum absolute atomic E-state index is 13.3. The molecule has 1 aliphatic rings. The SMILES string of the molecule is CC1CCCCN1S(=O)(=O)c1ccc2[nH]c(=O)cc(C(=O)NCc3ccc(F)cc3)c2c1. The number of piperidine rings is 1. The van der Waals surface area contributed by atoms with Gasteiger partial charge in [-0.3, -0.25) is 9.59 Å². The minimum atomic E-state index is -3.74. The van der Waals surface area contributed by atoms with Gasteiger partial charge in [-0.2, -0.15) is 4.31 Å². The summed E-state index contributed by atoms with van der Waals surface area (Å²) in [6, 6.07) is 11.2. The first-order valence-corrected chi connectivity index (χ1v) is 11.9. The van der Waals surface area contributed by atoms with Crippen molar-refractivity contribution in [3.63, 3.8) is 0 Å². The molecule has 1 unspecified atom stereocenters. The molecule has 2 aromatic carbocycles. The van der Waals surface area contributed by atoms with Crippen LogP contribution in [-0.2, 0) is 16.6 Å². The van der Waals surface area contributed by atoms with Gasteiger partial charge in [-0.1, -0.05) is 18.6 Å². The number of rotatable bonds is 5. The van der Waals surface area contributed by atoms with Crippen molar-refractivity contribution in [1.29, 1.82) is 0 Å². The van der Waals surface area contributed by atoms with E-state index in [-0.39, 0.29) is 28.9 Å². The topological polar surface area (TPSA) is 99.3 Å². The largest absolute Gasteiger partial charge is 0.348 e. The van der Waals surface area contributed by atoms with Gasteiger partial charge < -0.3 is 10.3 Å². The molecule has 4 rings (SSSR count). The summed E-state index contributed by atoms with van der Waals surface area (Å²) in [7, 11) is -3.74. The number of fused-ring (bicyclic) bond motifs is 1. The molecule has 1 atom stereocenters. The molecule has 0 radical (unpaired) electrons. The number of nitrogens with zero attached hydrogens (tertiary/aromatic N) is 1. The smallest absolute Gasteiger partial charge is 0.252 e. The molecule has 1 aromatic heterocycles. The van der Waals surface area contributed by atoms with Gasteiger partial charge in [-0.15, -0.1) is 0 Å². The molecule has 32 heavy (non-hydrogen) atoms. The van der Waals surface area contributed by atoms with Crippen LogP contribution in [0.5, 0.6) is 0 Å². The summed E-state index contributed by atoms with van der Waals surface area (Å²) in [5.41, 5.74) is 0.672. The highest BCUT2D eigenvalue weighted by Gasteiger charge is 2.31. The second kappa shape index (κ2) is 8.84. The van der Waals surface area contributed by atoms with E-state index >= 15 is 0 Å². The van der Waals surface area contributed by atoms with Crippen LogP contribution in [0.25, 0.3) is 10.9 Å². The number of nitrogens with one attached hydrogen (secondary N) is 2. The Labute approximate surface area is 185 Å². The zero-order chi connectivity index (χ0) is 22.9. The molecule has 7 nitrogen and oxygen atoms in total. The van der Waals surface area contributed by atoms with Gasteiger partial charge in [0.2, 0.25) is 15.6 Å². The fourth-order valence-corrected chi connectivity index (χ4v) is 5.75. The number of amides is 1. The lowest BCUT2D eigenvalue weighted by atomic mass is 10.1. The number of carbonyl (C=O) groups excluding carboxylic acids is 1. The molecule has 0 bridgehead atoms.